The molecule has 0 aromatic heterocycles. The average Bonchev–Trinajstić information content (AvgIpc) is 2.74. The lowest BCUT2D eigenvalue weighted by molar-refractivity contribution is 0.365. The number of nitrogens with one attached hydrogen (secondary N) is 1. The normalized spacial score (nSPS) is 22.9. The summed E-state index contributed by atoms with van der Waals surface area (Å²) in [5.41, 5.74) is 1.41. The van der Waals surface area contributed by atoms with Gasteiger partial charge < -0.3 is 10.2 Å². The Bertz CT molecular complexity index is 350. The first-order chi connectivity index (χ1) is 8.20. The quantitative estimate of drug-likeness (QED) is 0.886. The summed E-state index contributed by atoms with van der Waals surface area (Å²) in [6.45, 7) is 3.47. The van der Waals surface area contributed by atoms with Crippen LogP contribution in [0.3, 0.4) is 0 Å². The number of likely N-dealkylation sites (N-methyl/N-ethyl adjacent to an activating group) is 1. The SMILES string of the molecule is CNCC(c1ccc(Cl)cc1)C1CCN(C)C1. The fraction of sp³-hybridized carbons (Fsp3) is 0.571. The maximum atomic E-state index is 5.95. The topological polar surface area (TPSA) is 15.3 Å². The van der Waals surface area contributed by atoms with Crippen LogP contribution in [0.4, 0.5) is 0 Å². The Morgan fingerprint density at radius 1 is 1.41 bits per heavy atom. The Morgan fingerprint density at radius 2 is 2.12 bits per heavy atom. The number of hydrogen-bond donors (Lipinski definition) is 1. The number of benzene rings is 1. The molecule has 0 saturated carbocycles. The van der Waals surface area contributed by atoms with Crippen LogP contribution in [0.15, 0.2) is 24.3 Å². The lowest BCUT2D eigenvalue weighted by Gasteiger charge is -2.24. The molecule has 1 aromatic rings. The van der Waals surface area contributed by atoms with Crippen molar-refractivity contribution >= 4 is 11.6 Å². The van der Waals surface area contributed by atoms with Crippen LogP contribution in [0.2, 0.25) is 5.02 Å². The first-order valence-corrected chi connectivity index (χ1v) is 6.67. The summed E-state index contributed by atoms with van der Waals surface area (Å²) in [4.78, 5) is 2.42. The molecule has 1 aliphatic rings. The standard InChI is InChI=1S/C14H21ClN2/c1-16-9-14(12-7-8-17(2)10-12)11-3-5-13(15)6-4-11/h3-6,12,14,16H,7-10H2,1-2H3. The summed E-state index contributed by atoms with van der Waals surface area (Å²) < 4.78 is 0. The van der Waals surface area contributed by atoms with E-state index in [1.165, 1.54) is 25.1 Å². The van der Waals surface area contributed by atoms with E-state index in [1.807, 2.05) is 19.2 Å². The Morgan fingerprint density at radius 3 is 2.65 bits per heavy atom. The first kappa shape index (κ1) is 12.9. The van der Waals surface area contributed by atoms with Gasteiger partial charge in [0.2, 0.25) is 0 Å². The van der Waals surface area contributed by atoms with Crippen LogP contribution in [-0.2, 0) is 0 Å². The van der Waals surface area contributed by atoms with Crippen LogP contribution in [0.25, 0.3) is 0 Å². The predicted molar refractivity (Wildman–Crippen MR) is 73.7 cm³/mol. The summed E-state index contributed by atoms with van der Waals surface area (Å²) >= 11 is 5.95. The van der Waals surface area contributed by atoms with Crippen molar-refractivity contribution in [3.63, 3.8) is 0 Å². The maximum absolute atomic E-state index is 5.95. The van der Waals surface area contributed by atoms with Gasteiger partial charge >= 0.3 is 0 Å². The molecule has 1 saturated heterocycles. The minimum absolute atomic E-state index is 0.599. The Balaban J connectivity index is 2.13. The van der Waals surface area contributed by atoms with Crippen molar-refractivity contribution in [2.75, 3.05) is 33.7 Å². The first-order valence-electron chi connectivity index (χ1n) is 6.29. The highest BCUT2D eigenvalue weighted by molar-refractivity contribution is 6.30. The molecule has 17 heavy (non-hydrogen) atoms. The van der Waals surface area contributed by atoms with Crippen LogP contribution in [0.1, 0.15) is 17.9 Å². The minimum atomic E-state index is 0.599. The van der Waals surface area contributed by atoms with Gasteiger partial charge in [-0.15, -0.1) is 0 Å². The van der Waals surface area contributed by atoms with E-state index in [1.54, 1.807) is 0 Å². The van der Waals surface area contributed by atoms with Gasteiger partial charge in [0.1, 0.15) is 0 Å². The molecule has 0 amide bonds. The monoisotopic (exact) mass is 252 g/mol. The fourth-order valence-corrected chi connectivity index (χ4v) is 2.91. The van der Waals surface area contributed by atoms with Gasteiger partial charge in [-0.05, 0) is 50.7 Å². The summed E-state index contributed by atoms with van der Waals surface area (Å²) in [5.74, 6) is 1.36. The average molecular weight is 253 g/mol. The second-order valence-electron chi connectivity index (χ2n) is 5.03. The molecule has 94 valence electrons. The molecule has 0 spiro atoms. The van der Waals surface area contributed by atoms with Crippen molar-refractivity contribution in [2.24, 2.45) is 5.92 Å². The molecule has 2 nitrogen and oxygen atoms in total. The van der Waals surface area contributed by atoms with E-state index in [2.05, 4.69) is 29.4 Å². The smallest absolute Gasteiger partial charge is 0.0406 e. The molecule has 3 heteroatoms. The molecule has 1 N–H and O–H groups in total. The zero-order valence-corrected chi connectivity index (χ0v) is 11.4. The van der Waals surface area contributed by atoms with Gasteiger partial charge in [-0.2, -0.15) is 0 Å². The van der Waals surface area contributed by atoms with Crippen LogP contribution in [0, 0.1) is 5.92 Å². The third kappa shape index (κ3) is 3.21. The highest BCUT2D eigenvalue weighted by Gasteiger charge is 2.28. The molecule has 0 aliphatic carbocycles. The van der Waals surface area contributed by atoms with Crippen LogP contribution < -0.4 is 5.32 Å². The Hall–Kier alpha value is -0.570. The molecule has 2 rings (SSSR count). The van der Waals surface area contributed by atoms with Crippen molar-refractivity contribution in [2.45, 2.75) is 12.3 Å². The number of hydrogen-bond acceptors (Lipinski definition) is 2. The number of nitrogens with zero attached hydrogens (tertiary/aromatic N) is 1. The molecule has 0 bridgehead atoms. The van der Waals surface area contributed by atoms with Gasteiger partial charge in [0.15, 0.2) is 0 Å². The molecular formula is C14H21ClN2. The van der Waals surface area contributed by atoms with E-state index >= 15 is 0 Å². The van der Waals surface area contributed by atoms with Crippen LogP contribution >= 0.6 is 11.6 Å². The van der Waals surface area contributed by atoms with Crippen molar-refractivity contribution in [1.82, 2.24) is 10.2 Å². The molecule has 2 atom stereocenters. The largest absolute Gasteiger partial charge is 0.319 e. The number of halogens is 1. The van der Waals surface area contributed by atoms with Gasteiger partial charge in [-0.25, -0.2) is 0 Å². The highest BCUT2D eigenvalue weighted by Crippen LogP contribution is 2.31. The molecule has 1 fully saturated rings. The van der Waals surface area contributed by atoms with E-state index < -0.39 is 0 Å². The van der Waals surface area contributed by atoms with Gasteiger partial charge in [-0.3, -0.25) is 0 Å². The Kier molecular flexibility index (Phi) is 4.43. The van der Waals surface area contributed by atoms with Crippen LogP contribution in [-0.4, -0.2) is 38.6 Å². The van der Waals surface area contributed by atoms with Gasteiger partial charge in [0.05, 0.1) is 0 Å². The van der Waals surface area contributed by atoms with Crippen molar-refractivity contribution in [3.05, 3.63) is 34.9 Å². The molecular weight excluding hydrogens is 232 g/mol. The Labute approximate surface area is 109 Å². The molecule has 1 aromatic carbocycles. The predicted octanol–water partition coefficient (Wildman–Crippen LogP) is 2.59. The zero-order chi connectivity index (χ0) is 12.3. The van der Waals surface area contributed by atoms with E-state index in [-0.39, 0.29) is 0 Å². The van der Waals surface area contributed by atoms with Crippen molar-refractivity contribution in [1.29, 1.82) is 0 Å². The van der Waals surface area contributed by atoms with E-state index in [9.17, 15) is 0 Å². The van der Waals surface area contributed by atoms with Gasteiger partial charge in [0.25, 0.3) is 0 Å². The molecule has 0 radical (unpaired) electrons. The highest BCUT2D eigenvalue weighted by atomic mass is 35.5. The minimum Gasteiger partial charge on any atom is -0.319 e. The second kappa shape index (κ2) is 5.85. The van der Waals surface area contributed by atoms with E-state index in [0.29, 0.717) is 5.92 Å². The lowest BCUT2D eigenvalue weighted by atomic mass is 9.85. The van der Waals surface area contributed by atoms with Crippen molar-refractivity contribution in [3.8, 4) is 0 Å². The second-order valence-corrected chi connectivity index (χ2v) is 5.46. The third-order valence-electron chi connectivity index (χ3n) is 3.72. The molecule has 1 aliphatic heterocycles. The van der Waals surface area contributed by atoms with Crippen LogP contribution in [0.5, 0.6) is 0 Å². The van der Waals surface area contributed by atoms with Gasteiger partial charge in [0, 0.05) is 24.0 Å². The number of likely N-dealkylation sites (tertiary alicyclic amines) is 1. The molecule has 2 unspecified atom stereocenters. The van der Waals surface area contributed by atoms with E-state index in [4.69, 9.17) is 11.6 Å². The lowest BCUT2D eigenvalue weighted by Crippen LogP contribution is -2.26. The fourth-order valence-electron chi connectivity index (χ4n) is 2.78. The van der Waals surface area contributed by atoms with Crippen molar-refractivity contribution < 1.29 is 0 Å². The summed E-state index contributed by atoms with van der Waals surface area (Å²) in [5, 5.41) is 4.14. The summed E-state index contributed by atoms with van der Waals surface area (Å²) in [7, 11) is 4.24. The molecule has 1 heterocycles. The summed E-state index contributed by atoms with van der Waals surface area (Å²) in [6.07, 6.45) is 1.30. The van der Waals surface area contributed by atoms with Gasteiger partial charge in [-0.1, -0.05) is 23.7 Å². The summed E-state index contributed by atoms with van der Waals surface area (Å²) in [6, 6.07) is 8.34. The number of rotatable bonds is 4. The maximum Gasteiger partial charge on any atom is 0.0406 e. The van der Waals surface area contributed by atoms with E-state index in [0.717, 1.165) is 17.5 Å². The zero-order valence-electron chi connectivity index (χ0n) is 10.6. The third-order valence-corrected chi connectivity index (χ3v) is 3.97.